The van der Waals surface area contributed by atoms with Gasteiger partial charge in [0, 0.05) is 0 Å². The van der Waals surface area contributed by atoms with Crippen molar-refractivity contribution in [3.8, 4) is 0 Å². The van der Waals surface area contributed by atoms with E-state index in [1.54, 1.807) is 13.8 Å². The third-order valence-electron chi connectivity index (χ3n) is 2.09. The molecule has 0 aliphatic rings. The topological polar surface area (TPSA) is 80.4 Å². The monoisotopic (exact) mass is 231 g/mol. The number of carboxylic acids is 1. The number of carbonyl (C=O) groups excluding carboxylic acids is 1. The fraction of sp³-hybridized carbons (Fsp3) is 0.714. The van der Waals surface area contributed by atoms with Crippen molar-refractivity contribution in [3.05, 3.63) is 0 Å². The number of nitrogens with two attached hydrogens (primary N) is 1. The molecule has 0 unspecified atom stereocenters. The maximum atomic E-state index is 10.8. The van der Waals surface area contributed by atoms with Crippen LogP contribution in [0.15, 0.2) is 0 Å². The largest absolute Gasteiger partial charge is 0.480 e. The minimum absolute atomic E-state index is 0. The lowest BCUT2D eigenvalue weighted by molar-refractivity contribution is -0.155. The summed E-state index contributed by atoms with van der Waals surface area (Å²) in [5.74, 6) is -1.88. The smallest absolute Gasteiger partial charge is 0.319 e. The van der Waals surface area contributed by atoms with Crippen LogP contribution in [-0.2, 0) is 9.59 Å². The predicted octanol–water partition coefficient (Wildman–Crippen LogP) is 1.21. The maximum Gasteiger partial charge on any atom is 0.319 e. The molecule has 0 spiro atoms. The zero-order valence-corrected chi connectivity index (χ0v) is 9.20. The Bertz CT molecular complexity index is 165. The average Bonchev–Trinajstić information content (AvgIpc) is 1.90. The lowest BCUT2D eigenvalue weighted by Crippen LogP contribution is -2.42. The number of hydrogen-bond acceptors (Lipinski definition) is 2. The van der Waals surface area contributed by atoms with Crippen LogP contribution in [0.4, 0.5) is 0 Å². The van der Waals surface area contributed by atoms with Gasteiger partial charge in [-0.15, -0.1) is 24.8 Å². The van der Waals surface area contributed by atoms with E-state index in [0.717, 1.165) is 0 Å². The highest BCUT2D eigenvalue weighted by Gasteiger charge is 2.40. The minimum Gasteiger partial charge on any atom is -0.480 e. The quantitative estimate of drug-likeness (QED) is 0.714. The summed E-state index contributed by atoms with van der Waals surface area (Å²) in [5, 5.41) is 8.69. The number of halogens is 2. The van der Waals surface area contributed by atoms with E-state index in [1.165, 1.54) is 0 Å². The van der Waals surface area contributed by atoms with E-state index in [9.17, 15) is 9.59 Å². The molecule has 0 saturated carbocycles. The van der Waals surface area contributed by atoms with Crippen molar-refractivity contribution in [2.75, 3.05) is 0 Å². The van der Waals surface area contributed by atoms with Gasteiger partial charge in [0.2, 0.25) is 5.91 Å². The molecule has 0 bridgehead atoms. The van der Waals surface area contributed by atoms with Crippen LogP contribution in [0, 0.1) is 5.41 Å². The highest BCUT2D eigenvalue weighted by Crippen LogP contribution is 2.25. The van der Waals surface area contributed by atoms with Gasteiger partial charge >= 0.3 is 5.97 Å². The van der Waals surface area contributed by atoms with E-state index in [1.807, 2.05) is 0 Å². The maximum absolute atomic E-state index is 10.8. The molecule has 3 N–H and O–H groups in total. The molecule has 0 aromatic carbocycles. The highest BCUT2D eigenvalue weighted by molar-refractivity contribution is 6.00. The number of rotatable bonds is 4. The Kier molecular flexibility index (Phi) is 9.84. The van der Waals surface area contributed by atoms with Crippen LogP contribution < -0.4 is 5.73 Å². The summed E-state index contributed by atoms with van der Waals surface area (Å²) in [6.07, 6.45) is 0.488. The van der Waals surface area contributed by atoms with Crippen molar-refractivity contribution in [3.63, 3.8) is 0 Å². The molecule has 80 valence electrons. The van der Waals surface area contributed by atoms with Gasteiger partial charge in [-0.3, -0.25) is 9.59 Å². The van der Waals surface area contributed by atoms with Crippen LogP contribution in [0.25, 0.3) is 0 Å². The molecule has 0 rings (SSSR count). The second-order valence-corrected chi connectivity index (χ2v) is 2.46. The van der Waals surface area contributed by atoms with Gasteiger partial charge in [0.15, 0.2) is 0 Å². The summed E-state index contributed by atoms with van der Waals surface area (Å²) in [5.41, 5.74) is 3.61. The molecule has 13 heavy (non-hydrogen) atoms. The lowest BCUT2D eigenvalue weighted by Gasteiger charge is -2.21. The minimum atomic E-state index is -1.36. The van der Waals surface area contributed by atoms with Gasteiger partial charge in [-0.2, -0.15) is 0 Å². The van der Waals surface area contributed by atoms with E-state index in [2.05, 4.69) is 0 Å². The number of primary amides is 1. The zero-order chi connectivity index (χ0) is 9.07. The van der Waals surface area contributed by atoms with Gasteiger partial charge in [0.25, 0.3) is 0 Å². The lowest BCUT2D eigenvalue weighted by atomic mass is 9.82. The van der Waals surface area contributed by atoms with Crippen molar-refractivity contribution < 1.29 is 14.7 Å². The van der Waals surface area contributed by atoms with E-state index in [4.69, 9.17) is 10.8 Å². The third-order valence-corrected chi connectivity index (χ3v) is 2.09. The number of amides is 1. The number of carboxylic acid groups (broad SMARTS) is 1. The second-order valence-electron chi connectivity index (χ2n) is 2.46. The van der Waals surface area contributed by atoms with Gasteiger partial charge in [0.1, 0.15) is 5.41 Å². The molecule has 0 aromatic rings. The predicted molar refractivity (Wildman–Crippen MR) is 54.3 cm³/mol. The normalized spacial score (nSPS) is 9.38. The summed E-state index contributed by atoms with van der Waals surface area (Å²) < 4.78 is 0. The Balaban J connectivity index is -0.000000500. The molecule has 0 heterocycles. The van der Waals surface area contributed by atoms with Gasteiger partial charge in [0.05, 0.1) is 0 Å². The van der Waals surface area contributed by atoms with Crippen LogP contribution in [0.5, 0.6) is 0 Å². The molecule has 0 aliphatic carbocycles. The highest BCUT2D eigenvalue weighted by atomic mass is 35.5. The molecule has 0 aromatic heterocycles. The summed E-state index contributed by atoms with van der Waals surface area (Å²) >= 11 is 0. The summed E-state index contributed by atoms with van der Waals surface area (Å²) in [6, 6.07) is 0. The van der Waals surface area contributed by atoms with Gasteiger partial charge in [-0.05, 0) is 12.8 Å². The standard InChI is InChI=1S/C7H13NO3.2ClH/c1-3-7(4-2,5(8)9)6(10)11;;/h3-4H2,1-2H3,(H2,8,9)(H,10,11);2*1H. The fourth-order valence-corrected chi connectivity index (χ4v) is 1.01. The molecule has 0 radical (unpaired) electrons. The molecule has 0 atom stereocenters. The first-order valence-corrected chi connectivity index (χ1v) is 3.54. The van der Waals surface area contributed by atoms with Crippen LogP contribution in [0.3, 0.4) is 0 Å². The van der Waals surface area contributed by atoms with Crippen molar-refractivity contribution >= 4 is 36.7 Å². The fourth-order valence-electron chi connectivity index (χ4n) is 1.01. The Hall–Kier alpha value is -0.480. The Labute approximate surface area is 89.7 Å². The molecule has 4 nitrogen and oxygen atoms in total. The first-order chi connectivity index (χ1) is 5.01. The summed E-state index contributed by atoms with van der Waals surface area (Å²) in [6.45, 7) is 3.28. The Morgan fingerprint density at radius 2 is 1.54 bits per heavy atom. The van der Waals surface area contributed by atoms with Crippen molar-refractivity contribution in [2.24, 2.45) is 11.1 Å². The molecule has 0 saturated heterocycles. The van der Waals surface area contributed by atoms with Crippen molar-refractivity contribution in [1.82, 2.24) is 0 Å². The van der Waals surface area contributed by atoms with Crippen LogP contribution in [0.2, 0.25) is 0 Å². The SMILES string of the molecule is CCC(CC)(C(N)=O)C(=O)O.Cl.Cl. The Morgan fingerprint density at radius 1 is 1.23 bits per heavy atom. The van der Waals surface area contributed by atoms with E-state index >= 15 is 0 Å². The third kappa shape index (κ3) is 3.40. The number of aliphatic carboxylic acids is 1. The van der Waals surface area contributed by atoms with Gasteiger partial charge in [-0.25, -0.2) is 0 Å². The first-order valence-electron chi connectivity index (χ1n) is 3.54. The molecule has 0 fully saturated rings. The van der Waals surface area contributed by atoms with Crippen LogP contribution >= 0.6 is 24.8 Å². The van der Waals surface area contributed by atoms with E-state index in [-0.39, 0.29) is 37.7 Å². The molecular formula is C7H15Cl2NO3. The molecule has 1 amide bonds. The van der Waals surface area contributed by atoms with Gasteiger partial charge < -0.3 is 10.8 Å². The van der Waals surface area contributed by atoms with Gasteiger partial charge in [-0.1, -0.05) is 13.8 Å². The zero-order valence-electron chi connectivity index (χ0n) is 7.57. The molecular weight excluding hydrogens is 217 g/mol. The number of hydrogen-bond donors (Lipinski definition) is 2. The van der Waals surface area contributed by atoms with Crippen molar-refractivity contribution in [1.29, 1.82) is 0 Å². The average molecular weight is 232 g/mol. The second kappa shape index (κ2) is 6.97. The van der Waals surface area contributed by atoms with E-state index < -0.39 is 17.3 Å². The molecule has 0 aliphatic heterocycles. The summed E-state index contributed by atoms with van der Waals surface area (Å²) in [4.78, 5) is 21.4. The van der Waals surface area contributed by atoms with Crippen LogP contribution in [0.1, 0.15) is 26.7 Å². The van der Waals surface area contributed by atoms with Crippen LogP contribution in [-0.4, -0.2) is 17.0 Å². The Morgan fingerprint density at radius 3 is 1.54 bits per heavy atom. The van der Waals surface area contributed by atoms with Crippen molar-refractivity contribution in [2.45, 2.75) is 26.7 Å². The van der Waals surface area contributed by atoms with E-state index in [0.29, 0.717) is 0 Å². The number of carbonyl (C=O) groups is 2. The summed E-state index contributed by atoms with van der Waals surface area (Å²) in [7, 11) is 0. The first kappa shape index (κ1) is 18.3. The molecule has 6 heteroatoms.